The van der Waals surface area contributed by atoms with E-state index in [0.717, 1.165) is 10.0 Å². The SMILES string of the molecule is Cc1cc(Br)ccc1NS(=O)(=O)CCCNC(C)C. The Kier molecular flexibility index (Phi) is 6.29. The predicted octanol–water partition coefficient (Wildman–Crippen LogP) is 2.89. The molecule has 0 aromatic heterocycles. The third kappa shape index (κ3) is 6.40. The van der Waals surface area contributed by atoms with Crippen LogP contribution in [0.4, 0.5) is 5.69 Å². The average Bonchev–Trinajstić information content (AvgIpc) is 2.28. The van der Waals surface area contributed by atoms with Crippen molar-refractivity contribution in [3.8, 4) is 0 Å². The van der Waals surface area contributed by atoms with Crippen LogP contribution in [0.5, 0.6) is 0 Å². The van der Waals surface area contributed by atoms with Crippen LogP contribution in [0.1, 0.15) is 25.8 Å². The summed E-state index contributed by atoms with van der Waals surface area (Å²) in [4.78, 5) is 0. The molecule has 6 heteroatoms. The molecule has 0 heterocycles. The Hall–Kier alpha value is -0.590. The van der Waals surface area contributed by atoms with Gasteiger partial charge in [-0.3, -0.25) is 4.72 Å². The van der Waals surface area contributed by atoms with Crippen LogP contribution in [0.3, 0.4) is 0 Å². The maximum Gasteiger partial charge on any atom is 0.232 e. The zero-order valence-electron chi connectivity index (χ0n) is 11.5. The Labute approximate surface area is 124 Å². The second-order valence-corrected chi connectivity index (χ2v) is 7.60. The maximum absolute atomic E-state index is 11.9. The highest BCUT2D eigenvalue weighted by molar-refractivity contribution is 9.10. The summed E-state index contributed by atoms with van der Waals surface area (Å²) >= 11 is 3.36. The molecule has 0 saturated heterocycles. The molecule has 0 radical (unpaired) electrons. The Balaban J connectivity index is 2.54. The topological polar surface area (TPSA) is 58.2 Å². The Bertz CT molecular complexity index is 515. The minimum absolute atomic E-state index is 0.127. The van der Waals surface area contributed by atoms with Crippen LogP contribution in [0.25, 0.3) is 0 Å². The lowest BCUT2D eigenvalue weighted by Crippen LogP contribution is -2.26. The molecule has 0 spiro atoms. The van der Waals surface area contributed by atoms with Crippen molar-refractivity contribution in [2.45, 2.75) is 33.2 Å². The standard InChI is InChI=1S/C13H21BrN2O2S/c1-10(2)15-7-4-8-19(17,18)16-13-6-5-12(14)9-11(13)3/h5-6,9-10,15-16H,4,7-8H2,1-3H3. The van der Waals surface area contributed by atoms with E-state index >= 15 is 0 Å². The minimum Gasteiger partial charge on any atom is -0.314 e. The molecule has 1 aromatic rings. The summed E-state index contributed by atoms with van der Waals surface area (Å²) in [6.07, 6.45) is 0.600. The highest BCUT2D eigenvalue weighted by Gasteiger charge is 2.11. The van der Waals surface area contributed by atoms with Gasteiger partial charge < -0.3 is 5.32 Å². The van der Waals surface area contributed by atoms with E-state index in [2.05, 4.69) is 26.0 Å². The summed E-state index contributed by atoms with van der Waals surface area (Å²) in [5, 5.41) is 3.20. The fraction of sp³-hybridized carbons (Fsp3) is 0.538. The van der Waals surface area contributed by atoms with Gasteiger partial charge in [-0.1, -0.05) is 29.8 Å². The van der Waals surface area contributed by atoms with Crippen LogP contribution in [0.15, 0.2) is 22.7 Å². The van der Waals surface area contributed by atoms with E-state index in [1.54, 1.807) is 6.07 Å². The lowest BCUT2D eigenvalue weighted by atomic mass is 10.2. The minimum atomic E-state index is -3.27. The van der Waals surface area contributed by atoms with Crippen LogP contribution in [-0.2, 0) is 10.0 Å². The third-order valence-electron chi connectivity index (χ3n) is 2.60. The van der Waals surface area contributed by atoms with Gasteiger partial charge in [0.2, 0.25) is 10.0 Å². The second-order valence-electron chi connectivity index (χ2n) is 4.84. The third-order valence-corrected chi connectivity index (χ3v) is 4.45. The molecule has 108 valence electrons. The Morgan fingerprint density at radius 2 is 2.00 bits per heavy atom. The monoisotopic (exact) mass is 348 g/mol. The number of rotatable bonds is 7. The average molecular weight is 349 g/mol. The van der Waals surface area contributed by atoms with Gasteiger partial charge in [0.25, 0.3) is 0 Å². The lowest BCUT2D eigenvalue weighted by molar-refractivity contribution is 0.571. The van der Waals surface area contributed by atoms with Crippen molar-refractivity contribution < 1.29 is 8.42 Å². The Morgan fingerprint density at radius 3 is 2.58 bits per heavy atom. The van der Waals surface area contributed by atoms with Crippen LogP contribution in [0.2, 0.25) is 0 Å². The van der Waals surface area contributed by atoms with Gasteiger partial charge in [0.1, 0.15) is 0 Å². The molecule has 0 bridgehead atoms. The molecule has 0 fully saturated rings. The fourth-order valence-corrected chi connectivity index (χ4v) is 3.28. The largest absolute Gasteiger partial charge is 0.314 e. The molecule has 0 aliphatic heterocycles. The van der Waals surface area contributed by atoms with Gasteiger partial charge in [0.15, 0.2) is 0 Å². The van der Waals surface area contributed by atoms with Gasteiger partial charge in [0, 0.05) is 10.5 Å². The summed E-state index contributed by atoms with van der Waals surface area (Å²) < 4.78 is 27.4. The summed E-state index contributed by atoms with van der Waals surface area (Å²) in [6, 6.07) is 5.86. The second kappa shape index (κ2) is 7.26. The molecular weight excluding hydrogens is 328 g/mol. The first kappa shape index (κ1) is 16.5. The van der Waals surface area contributed by atoms with Gasteiger partial charge in [-0.2, -0.15) is 0 Å². The molecule has 0 atom stereocenters. The van der Waals surface area contributed by atoms with Gasteiger partial charge in [0.05, 0.1) is 11.4 Å². The first-order valence-electron chi connectivity index (χ1n) is 6.30. The molecule has 0 unspecified atom stereocenters. The zero-order chi connectivity index (χ0) is 14.5. The highest BCUT2D eigenvalue weighted by atomic mass is 79.9. The van der Waals surface area contributed by atoms with Gasteiger partial charge in [-0.15, -0.1) is 0 Å². The smallest absolute Gasteiger partial charge is 0.232 e. The lowest BCUT2D eigenvalue weighted by Gasteiger charge is -2.12. The van der Waals surface area contributed by atoms with Crippen molar-refractivity contribution in [1.82, 2.24) is 5.32 Å². The molecule has 0 aliphatic carbocycles. The van der Waals surface area contributed by atoms with Crippen molar-refractivity contribution in [2.24, 2.45) is 0 Å². The number of benzene rings is 1. The quantitative estimate of drug-likeness (QED) is 0.745. The van der Waals surface area contributed by atoms with Gasteiger partial charge >= 0.3 is 0 Å². The van der Waals surface area contributed by atoms with Crippen molar-refractivity contribution >= 4 is 31.6 Å². The van der Waals surface area contributed by atoms with Crippen molar-refractivity contribution in [3.63, 3.8) is 0 Å². The fourth-order valence-electron chi connectivity index (χ4n) is 1.61. The van der Waals surface area contributed by atoms with E-state index in [9.17, 15) is 8.42 Å². The number of hydrogen-bond acceptors (Lipinski definition) is 3. The molecule has 4 nitrogen and oxygen atoms in total. The molecule has 0 amide bonds. The molecule has 19 heavy (non-hydrogen) atoms. The Morgan fingerprint density at radius 1 is 1.32 bits per heavy atom. The molecule has 0 saturated carbocycles. The summed E-state index contributed by atoms with van der Waals surface area (Å²) in [6.45, 7) is 6.66. The van der Waals surface area contributed by atoms with Crippen LogP contribution in [-0.4, -0.2) is 26.8 Å². The normalized spacial score (nSPS) is 11.8. The molecule has 1 rings (SSSR count). The number of aryl methyl sites for hydroxylation is 1. The van der Waals surface area contributed by atoms with Crippen LogP contribution < -0.4 is 10.0 Å². The van der Waals surface area contributed by atoms with E-state index in [0.29, 0.717) is 24.7 Å². The number of nitrogens with one attached hydrogen (secondary N) is 2. The van der Waals surface area contributed by atoms with Crippen molar-refractivity contribution in [2.75, 3.05) is 17.0 Å². The summed E-state index contributed by atoms with van der Waals surface area (Å²) in [5.41, 5.74) is 1.54. The molecular formula is C13H21BrN2O2S. The number of hydrogen-bond donors (Lipinski definition) is 2. The number of anilines is 1. The zero-order valence-corrected chi connectivity index (χ0v) is 13.9. The molecule has 2 N–H and O–H groups in total. The number of sulfonamides is 1. The van der Waals surface area contributed by atoms with E-state index in [1.807, 2.05) is 32.9 Å². The first-order valence-corrected chi connectivity index (χ1v) is 8.75. The van der Waals surface area contributed by atoms with Crippen molar-refractivity contribution in [1.29, 1.82) is 0 Å². The highest BCUT2D eigenvalue weighted by Crippen LogP contribution is 2.21. The van der Waals surface area contributed by atoms with E-state index < -0.39 is 10.0 Å². The number of halogens is 1. The van der Waals surface area contributed by atoms with Gasteiger partial charge in [-0.25, -0.2) is 8.42 Å². The van der Waals surface area contributed by atoms with E-state index in [-0.39, 0.29) is 5.75 Å². The van der Waals surface area contributed by atoms with Crippen LogP contribution >= 0.6 is 15.9 Å². The summed E-state index contributed by atoms with van der Waals surface area (Å²) in [7, 11) is -3.27. The maximum atomic E-state index is 11.9. The molecule has 1 aromatic carbocycles. The van der Waals surface area contributed by atoms with E-state index in [1.165, 1.54) is 0 Å². The van der Waals surface area contributed by atoms with Crippen LogP contribution in [0, 0.1) is 6.92 Å². The predicted molar refractivity (Wildman–Crippen MR) is 84.0 cm³/mol. The van der Waals surface area contributed by atoms with Gasteiger partial charge in [-0.05, 0) is 43.7 Å². The molecule has 0 aliphatic rings. The summed E-state index contributed by atoms with van der Waals surface area (Å²) in [5.74, 6) is 0.127. The van der Waals surface area contributed by atoms with E-state index in [4.69, 9.17) is 0 Å². The van der Waals surface area contributed by atoms with Crippen molar-refractivity contribution in [3.05, 3.63) is 28.2 Å². The first-order chi connectivity index (χ1) is 8.80.